The fraction of sp³-hybridized carbons (Fsp3) is 0.364. The van der Waals surface area contributed by atoms with Gasteiger partial charge in [-0.2, -0.15) is 18.7 Å². The van der Waals surface area contributed by atoms with Gasteiger partial charge in [0.25, 0.3) is 0 Å². The SMILES string of the molecule is C=C[C-]=C1C(C)=C(c2ccccc2C)C=C(NCC2CCN(S(=C)c3ccccc3C)CC2)N1C.CC.[W]. The van der Waals surface area contributed by atoms with E-state index in [-0.39, 0.29) is 31.7 Å². The molecule has 2 aliphatic heterocycles. The van der Waals surface area contributed by atoms with E-state index in [0.717, 1.165) is 31.2 Å². The van der Waals surface area contributed by atoms with Crippen molar-refractivity contribution in [2.75, 3.05) is 26.7 Å². The first-order valence-corrected chi connectivity index (χ1v) is 14.8. The number of nitrogens with zero attached hydrogens (tertiary/aromatic N) is 2. The van der Waals surface area contributed by atoms with Crippen molar-refractivity contribution in [3.8, 4) is 0 Å². The van der Waals surface area contributed by atoms with Gasteiger partial charge in [-0.3, -0.25) is 4.31 Å². The van der Waals surface area contributed by atoms with Gasteiger partial charge in [-0.05, 0) is 61.4 Å². The Bertz CT molecular complexity index is 1200. The van der Waals surface area contributed by atoms with Gasteiger partial charge in [0.15, 0.2) is 0 Å². The van der Waals surface area contributed by atoms with Crippen LogP contribution >= 0.6 is 10.7 Å². The summed E-state index contributed by atoms with van der Waals surface area (Å²) in [7, 11) is 2.03. The Morgan fingerprint density at radius 2 is 1.61 bits per heavy atom. The summed E-state index contributed by atoms with van der Waals surface area (Å²) in [5.41, 5.74) is 7.44. The van der Waals surface area contributed by atoms with E-state index in [4.69, 9.17) is 0 Å². The number of aryl methyl sites for hydroxylation is 2. The summed E-state index contributed by atoms with van der Waals surface area (Å²) in [6.07, 6.45) is 9.80. The molecule has 5 heteroatoms. The Morgan fingerprint density at radius 1 is 1.00 bits per heavy atom. The van der Waals surface area contributed by atoms with Gasteiger partial charge in [0.1, 0.15) is 5.82 Å². The summed E-state index contributed by atoms with van der Waals surface area (Å²) in [6.45, 7) is 17.6. The molecule has 0 aromatic heterocycles. The van der Waals surface area contributed by atoms with Crippen LogP contribution in [0.1, 0.15) is 50.3 Å². The quantitative estimate of drug-likeness (QED) is 0.236. The van der Waals surface area contributed by atoms with Crippen molar-refractivity contribution in [1.82, 2.24) is 14.5 Å². The minimum Gasteiger partial charge on any atom is -0.371 e. The summed E-state index contributed by atoms with van der Waals surface area (Å²) in [6, 6.07) is 17.3. The van der Waals surface area contributed by atoms with Crippen molar-refractivity contribution in [3.63, 3.8) is 0 Å². The molecule has 0 spiro atoms. The van der Waals surface area contributed by atoms with Crippen LogP contribution in [-0.2, 0) is 21.1 Å². The van der Waals surface area contributed by atoms with E-state index in [2.05, 4.69) is 115 Å². The molecule has 2 aliphatic rings. The second kappa shape index (κ2) is 15.5. The number of allylic oxidation sites excluding steroid dienone is 5. The molecule has 1 atom stereocenters. The van der Waals surface area contributed by atoms with Crippen LogP contribution in [0.5, 0.6) is 0 Å². The van der Waals surface area contributed by atoms with Crippen LogP contribution in [0.4, 0.5) is 0 Å². The van der Waals surface area contributed by atoms with Gasteiger partial charge in [0, 0.05) is 52.6 Å². The molecule has 0 aliphatic carbocycles. The van der Waals surface area contributed by atoms with Crippen molar-refractivity contribution in [2.45, 2.75) is 52.4 Å². The van der Waals surface area contributed by atoms with Crippen LogP contribution in [0, 0.1) is 25.8 Å². The third kappa shape index (κ3) is 7.50. The van der Waals surface area contributed by atoms with Crippen LogP contribution in [0.3, 0.4) is 0 Å². The Balaban J connectivity index is 0.00000165. The van der Waals surface area contributed by atoms with E-state index < -0.39 is 0 Å². The first-order valence-electron chi connectivity index (χ1n) is 13.5. The zero-order valence-corrected chi connectivity index (χ0v) is 27.8. The fourth-order valence-corrected chi connectivity index (χ4v) is 6.62. The summed E-state index contributed by atoms with van der Waals surface area (Å²) in [5, 5.41) is 3.78. The van der Waals surface area contributed by atoms with E-state index in [1.165, 1.54) is 45.6 Å². The van der Waals surface area contributed by atoms with Crippen molar-refractivity contribution >= 4 is 22.1 Å². The van der Waals surface area contributed by atoms with Gasteiger partial charge in [0.2, 0.25) is 0 Å². The molecule has 1 N–H and O–H groups in total. The minimum absolute atomic E-state index is 0. The molecule has 0 radical (unpaired) electrons. The molecule has 0 bridgehead atoms. The molecular formula is C33H44N3SW-. The normalized spacial score (nSPS) is 18.2. The van der Waals surface area contributed by atoms with E-state index in [0.29, 0.717) is 5.92 Å². The Kier molecular flexibility index (Phi) is 13.0. The Hall–Kier alpha value is -2.13. The second-order valence-electron chi connectivity index (χ2n) is 9.52. The van der Waals surface area contributed by atoms with Gasteiger partial charge >= 0.3 is 0 Å². The molecule has 2 aromatic carbocycles. The third-order valence-electron chi connectivity index (χ3n) is 7.22. The van der Waals surface area contributed by atoms with Crippen LogP contribution in [0.2, 0.25) is 0 Å². The van der Waals surface area contributed by atoms with Crippen molar-refractivity contribution < 1.29 is 21.1 Å². The summed E-state index contributed by atoms with van der Waals surface area (Å²) < 4.78 is 2.56. The maximum Gasteiger partial charge on any atom is 0.103 e. The number of nitrogens with one attached hydrogen (secondary N) is 1. The summed E-state index contributed by atoms with van der Waals surface area (Å²) in [4.78, 5) is 3.58. The maximum atomic E-state index is 4.52. The predicted octanol–water partition coefficient (Wildman–Crippen LogP) is 7.74. The van der Waals surface area contributed by atoms with Gasteiger partial charge < -0.3 is 10.2 Å². The fourth-order valence-electron chi connectivity index (χ4n) is 5.01. The standard InChI is InChI=1S/C31H38N3S.C2H6.W/c1-7-12-29-25(4)28(27-15-10-8-13-23(27)2)21-31(33(29)5)32-22-26-17-19-34(20-18-26)35(6)30-16-11-9-14-24(30)3;1-2;/h7-11,13-16,21,26,32H,1,6,17-20,22H2,2-5H3;1-2H3;/q-1;;. The van der Waals surface area contributed by atoms with Gasteiger partial charge in [-0.25, -0.2) is 0 Å². The van der Waals surface area contributed by atoms with Crippen LogP contribution in [0.15, 0.2) is 89.2 Å². The molecule has 4 rings (SSSR count). The molecule has 3 nitrogen and oxygen atoms in total. The average Bonchev–Trinajstić information content (AvgIpc) is 2.92. The van der Waals surface area contributed by atoms with Crippen LogP contribution < -0.4 is 5.32 Å². The predicted molar refractivity (Wildman–Crippen MR) is 164 cm³/mol. The molecule has 2 heterocycles. The molecule has 38 heavy (non-hydrogen) atoms. The summed E-state index contributed by atoms with van der Waals surface area (Å²) in [5.74, 6) is 6.30. The van der Waals surface area contributed by atoms with E-state index >= 15 is 0 Å². The first-order chi connectivity index (χ1) is 17.9. The number of hydrogen-bond acceptors (Lipinski definition) is 3. The van der Waals surface area contributed by atoms with E-state index in [1.807, 2.05) is 13.8 Å². The average molecular weight is 699 g/mol. The Labute approximate surface area is 248 Å². The first kappa shape index (κ1) is 32.1. The smallest absolute Gasteiger partial charge is 0.103 e. The number of hydrogen-bond donors (Lipinski definition) is 1. The van der Waals surface area contributed by atoms with Crippen LogP contribution in [-0.4, -0.2) is 41.8 Å². The zero-order valence-electron chi connectivity index (χ0n) is 24.0. The molecule has 204 valence electrons. The van der Waals surface area contributed by atoms with Crippen molar-refractivity contribution in [3.05, 3.63) is 107 Å². The van der Waals surface area contributed by atoms with Gasteiger partial charge in [-0.15, -0.1) is 5.57 Å². The number of likely N-dealkylation sites (N-methyl/N-ethyl adjacent to an activating group) is 1. The number of rotatable bonds is 7. The van der Waals surface area contributed by atoms with Gasteiger partial charge in [0.05, 0.1) is 0 Å². The molecule has 1 unspecified atom stereocenters. The monoisotopic (exact) mass is 698 g/mol. The third-order valence-corrected chi connectivity index (χ3v) is 9.17. The topological polar surface area (TPSA) is 18.5 Å². The number of piperidine rings is 1. The molecule has 1 saturated heterocycles. The minimum atomic E-state index is -0.0835. The molecule has 0 saturated carbocycles. The second-order valence-corrected chi connectivity index (χ2v) is 11.2. The molecule has 1 fully saturated rings. The maximum absolute atomic E-state index is 4.52. The number of benzene rings is 2. The largest absolute Gasteiger partial charge is 0.371 e. The molecule has 2 aromatic rings. The Morgan fingerprint density at radius 3 is 2.21 bits per heavy atom. The summed E-state index contributed by atoms with van der Waals surface area (Å²) >= 11 is 0. The van der Waals surface area contributed by atoms with E-state index in [1.54, 1.807) is 6.08 Å². The van der Waals surface area contributed by atoms with Crippen molar-refractivity contribution in [2.24, 2.45) is 5.92 Å². The van der Waals surface area contributed by atoms with Gasteiger partial charge in [-0.1, -0.05) is 91.0 Å². The van der Waals surface area contributed by atoms with Crippen LogP contribution in [0.25, 0.3) is 5.57 Å². The molecular weight excluding hydrogens is 654 g/mol. The zero-order chi connectivity index (χ0) is 26.9. The molecule has 0 amide bonds. The van der Waals surface area contributed by atoms with E-state index in [9.17, 15) is 0 Å². The van der Waals surface area contributed by atoms with Crippen molar-refractivity contribution in [1.29, 1.82) is 0 Å².